The minimum atomic E-state index is -0.460. The summed E-state index contributed by atoms with van der Waals surface area (Å²) >= 11 is 0. The molecule has 132 heavy (non-hydrogen) atoms. The Morgan fingerprint density at radius 3 is 0.795 bits per heavy atom. The van der Waals surface area contributed by atoms with E-state index in [4.69, 9.17) is 36.8 Å². The first-order valence-corrected chi connectivity index (χ1v) is 43.9. The Balaban J connectivity index is 0.000000119. The van der Waals surface area contributed by atoms with Gasteiger partial charge in [0.1, 0.15) is 0 Å². The lowest BCUT2D eigenvalue weighted by atomic mass is 9.96. The van der Waals surface area contributed by atoms with Crippen molar-refractivity contribution in [1.29, 1.82) is 0 Å². The fraction of sp³-hybridized carbons (Fsp3) is 0. The van der Waals surface area contributed by atoms with E-state index in [-0.39, 0.29) is 23.5 Å². The molecule has 24 aromatic rings. The Kier molecular flexibility index (Phi) is 20.5. The van der Waals surface area contributed by atoms with Crippen LogP contribution in [0.4, 0.5) is 0 Å². The summed E-state index contributed by atoms with van der Waals surface area (Å²) in [6.45, 7) is 0. The third-order valence-electron chi connectivity index (χ3n) is 24.2. The van der Waals surface area contributed by atoms with E-state index < -0.39 is 18.1 Å². The van der Waals surface area contributed by atoms with Crippen LogP contribution >= 0.6 is 0 Å². The molecule has 0 fully saturated rings. The Labute approximate surface area is 772 Å². The summed E-state index contributed by atoms with van der Waals surface area (Å²) in [5.74, 6) is 1.47. The monoisotopic (exact) mass is 1690 g/mol. The zero-order valence-electron chi connectivity index (χ0n) is 76.4. The highest BCUT2D eigenvalue weighted by atomic mass is 14.9. The molecule has 0 spiro atoms. The molecule has 0 N–H and O–H groups in total. The molecule has 0 aliphatic heterocycles. The average Bonchev–Trinajstić information content (AvgIpc) is 0.742. The lowest BCUT2D eigenvalue weighted by Gasteiger charge is -2.14. The van der Waals surface area contributed by atoms with Crippen LogP contribution in [0.1, 0.15) is 6.85 Å². The number of pyridine rings is 3. The molecular weight excluding hydrogens is 1600 g/mol. The summed E-state index contributed by atoms with van der Waals surface area (Å²) in [6.07, 6.45) is 10.9. The second kappa shape index (κ2) is 36.3. The van der Waals surface area contributed by atoms with Crippen molar-refractivity contribution in [2.75, 3.05) is 0 Å². The van der Waals surface area contributed by atoms with Crippen molar-refractivity contribution in [3.05, 3.63) is 492 Å². The predicted molar refractivity (Wildman–Crippen MR) is 546 cm³/mol. The van der Waals surface area contributed by atoms with Crippen LogP contribution in [0, 0.1) is 0 Å². The largest absolute Gasteiger partial charge is 0.264 e. The molecule has 18 aromatic carbocycles. The summed E-state index contributed by atoms with van der Waals surface area (Å²) in [7, 11) is 0. The Bertz CT molecular complexity index is 8680. The van der Waals surface area contributed by atoms with E-state index in [9.17, 15) is 0 Å². The van der Waals surface area contributed by atoms with Crippen LogP contribution < -0.4 is 0 Å². The van der Waals surface area contributed by atoms with Crippen LogP contribution in [0.3, 0.4) is 0 Å². The number of fused-ring (bicyclic) bond motifs is 7. The summed E-state index contributed by atoms with van der Waals surface area (Å²) in [5.41, 5.74) is 25.5. The van der Waals surface area contributed by atoms with E-state index in [2.05, 4.69) is 349 Å². The van der Waals surface area contributed by atoms with Gasteiger partial charge >= 0.3 is 0 Å². The number of rotatable bonds is 15. The lowest BCUT2D eigenvalue weighted by molar-refractivity contribution is 1.18. The number of nitrogens with zero attached hydrogens (tertiary/aromatic N) is 9. The van der Waals surface area contributed by atoms with Crippen LogP contribution in [0.2, 0.25) is 0 Å². The number of aromatic nitrogens is 9. The van der Waals surface area contributed by atoms with Crippen LogP contribution in [0.25, 0.3) is 233 Å². The molecule has 6 heterocycles. The van der Waals surface area contributed by atoms with Crippen molar-refractivity contribution >= 4 is 64.6 Å². The first-order valence-electron chi connectivity index (χ1n) is 46.4. The van der Waals surface area contributed by atoms with Crippen LogP contribution in [-0.2, 0) is 0 Å². The maximum Gasteiger partial charge on any atom is 0.161 e. The second-order valence-corrected chi connectivity index (χ2v) is 32.5. The molecule has 24 rings (SSSR count). The molecule has 0 saturated carbocycles. The molecule has 0 saturated heterocycles. The lowest BCUT2D eigenvalue weighted by Crippen LogP contribution is -1.97. The minimum absolute atomic E-state index is 0.0414. The molecule has 0 aliphatic rings. The quantitative estimate of drug-likeness (QED) is 0.0925. The Morgan fingerprint density at radius 2 is 0.424 bits per heavy atom. The second-order valence-electron chi connectivity index (χ2n) is 32.5. The number of hydrogen-bond acceptors (Lipinski definition) is 9. The highest BCUT2D eigenvalue weighted by Crippen LogP contribution is 2.41. The van der Waals surface area contributed by atoms with E-state index >= 15 is 0 Å². The Morgan fingerprint density at radius 1 is 0.152 bits per heavy atom. The van der Waals surface area contributed by atoms with Gasteiger partial charge in [0, 0.05) is 104 Å². The number of hydrogen-bond donors (Lipinski definition) is 0. The zero-order chi connectivity index (χ0) is 92.2. The van der Waals surface area contributed by atoms with Crippen molar-refractivity contribution in [3.63, 3.8) is 0 Å². The highest BCUT2D eigenvalue weighted by Gasteiger charge is 2.20. The standard InChI is InChI=1S/C45H29N3.C41H27N3.C37H25N3/c1-2-10-33-25-35(23-20-30(33)9-1)31-18-21-32(22-19-31)43-28-44(37-13-7-12-34(26-37)38-14-8-24-46-29-38)48-45(47-43)42-27-36-11-3-4-15-39(36)40-16-5-6-17-41(40)42;1-3-9-32-23-35(20-16-28(32)7-1)30-14-18-31(19-15-30)39-26-40(36-12-5-11-34(24-36)38-13-6-22-42-27-38)44-41(43-39)37-21-17-29-8-2-4-10-33(29)25-37;1-2-9-29(10-3-1)37-39-35(24-36(40-37)33-13-6-12-31(23-33)34-14-7-21-38-25-34)28-18-15-27(16-19-28)32-20-17-26-8-4-5-11-30(26)22-32/h1-29H;1-27H;1-25H/i;;1D,2D,3D,9D,10D. The molecule has 0 bridgehead atoms. The molecule has 0 aliphatic carbocycles. The smallest absolute Gasteiger partial charge is 0.161 e. The van der Waals surface area contributed by atoms with Gasteiger partial charge in [-0.25, -0.2) is 29.9 Å². The summed E-state index contributed by atoms with van der Waals surface area (Å²) in [5, 5.41) is 14.4. The van der Waals surface area contributed by atoms with Crippen molar-refractivity contribution in [2.24, 2.45) is 0 Å². The van der Waals surface area contributed by atoms with Gasteiger partial charge in [-0.05, 0) is 200 Å². The van der Waals surface area contributed by atoms with E-state index in [0.29, 0.717) is 23.0 Å². The molecule has 618 valence electrons. The fourth-order valence-electron chi connectivity index (χ4n) is 17.3. The molecular formula is C123H81N9. The number of benzene rings is 18. The first kappa shape index (κ1) is 74.5. The highest BCUT2D eigenvalue weighted by molar-refractivity contribution is 6.13. The van der Waals surface area contributed by atoms with Gasteiger partial charge in [-0.3, -0.25) is 15.0 Å². The SMILES string of the molecule is [2H]c1c([2H])c([2H])c(-c2nc(-c3ccc(-c4ccc5ccccc5c4)cc3)cc(-c3cccc(-c4cccnc4)c3)n2)c([2H])c1[2H].c1cncc(-c2cccc(-c3cc(-c4ccc(-c5ccc6ccccc6c5)cc4)nc(-c4cc5ccccc5c5ccccc45)n3)c2)c1.c1cncc(-c2cccc(-c3cc(-c4ccc(-c5ccc6ccccc6c5)cc4)nc(-c4ccc5ccccc5c4)n3)c2)c1. The van der Waals surface area contributed by atoms with E-state index in [0.717, 1.165) is 123 Å². The third kappa shape index (κ3) is 17.2. The van der Waals surface area contributed by atoms with Crippen molar-refractivity contribution < 1.29 is 6.85 Å². The molecule has 6 aromatic heterocycles. The third-order valence-corrected chi connectivity index (χ3v) is 24.2. The van der Waals surface area contributed by atoms with E-state index in [1.807, 2.05) is 103 Å². The summed E-state index contributed by atoms with van der Waals surface area (Å²) < 4.78 is 41.7. The maximum atomic E-state index is 8.59. The molecule has 9 nitrogen and oxygen atoms in total. The fourth-order valence-corrected chi connectivity index (χ4v) is 17.3. The van der Waals surface area contributed by atoms with Crippen molar-refractivity contribution in [1.82, 2.24) is 44.9 Å². The van der Waals surface area contributed by atoms with Gasteiger partial charge < -0.3 is 0 Å². The van der Waals surface area contributed by atoms with Gasteiger partial charge in [0.05, 0.1) is 41.0 Å². The van der Waals surface area contributed by atoms with E-state index in [1.165, 1.54) is 76.1 Å². The Hall–Kier alpha value is -17.8. The topological polar surface area (TPSA) is 116 Å². The summed E-state index contributed by atoms with van der Waals surface area (Å²) in [6, 6.07) is 145. The predicted octanol–water partition coefficient (Wildman–Crippen LogP) is 31.5. The molecule has 0 amide bonds. The van der Waals surface area contributed by atoms with Gasteiger partial charge in [-0.2, -0.15) is 0 Å². The van der Waals surface area contributed by atoms with Crippen molar-refractivity contribution in [2.45, 2.75) is 0 Å². The minimum Gasteiger partial charge on any atom is -0.264 e. The average molecular weight is 1690 g/mol. The first-order chi connectivity index (χ1) is 67.4. The zero-order valence-corrected chi connectivity index (χ0v) is 71.4. The molecule has 0 radical (unpaired) electrons. The summed E-state index contributed by atoms with van der Waals surface area (Å²) in [4.78, 5) is 43.2. The van der Waals surface area contributed by atoms with Crippen LogP contribution in [-0.4, -0.2) is 44.9 Å². The van der Waals surface area contributed by atoms with Crippen LogP contribution in [0.5, 0.6) is 0 Å². The van der Waals surface area contributed by atoms with Gasteiger partial charge in [0.25, 0.3) is 0 Å². The molecule has 0 atom stereocenters. The van der Waals surface area contributed by atoms with Crippen molar-refractivity contribution in [3.8, 4) is 168 Å². The van der Waals surface area contributed by atoms with E-state index in [1.54, 1.807) is 24.8 Å². The van der Waals surface area contributed by atoms with Gasteiger partial charge in [0.15, 0.2) is 17.5 Å². The molecule has 0 unspecified atom stereocenters. The van der Waals surface area contributed by atoms with Gasteiger partial charge in [-0.1, -0.05) is 370 Å². The van der Waals surface area contributed by atoms with Crippen LogP contribution in [0.15, 0.2) is 492 Å². The normalized spacial score (nSPS) is 11.7. The molecule has 9 heteroatoms. The maximum absolute atomic E-state index is 8.59. The van der Waals surface area contributed by atoms with Gasteiger partial charge in [0.2, 0.25) is 0 Å². The van der Waals surface area contributed by atoms with Gasteiger partial charge in [-0.15, -0.1) is 0 Å².